The van der Waals surface area contributed by atoms with Crippen LogP contribution in [0.5, 0.6) is 0 Å². The first-order valence-corrected chi connectivity index (χ1v) is 5.16. The summed E-state index contributed by atoms with van der Waals surface area (Å²) in [4.78, 5) is 0. The molecule has 76 valence electrons. The molecule has 1 aromatic carbocycles. The van der Waals surface area contributed by atoms with E-state index in [0.717, 1.165) is 12.0 Å². The van der Waals surface area contributed by atoms with E-state index in [-0.39, 0.29) is 0 Å². The van der Waals surface area contributed by atoms with Gasteiger partial charge in [0.25, 0.3) is 0 Å². The van der Waals surface area contributed by atoms with E-state index >= 15 is 0 Å². The number of benzene rings is 1. The molecule has 0 aliphatic heterocycles. The van der Waals surface area contributed by atoms with Gasteiger partial charge in [0.15, 0.2) is 5.15 Å². The predicted molar refractivity (Wildman–Crippen MR) is 61.0 cm³/mol. The van der Waals surface area contributed by atoms with Gasteiger partial charge >= 0.3 is 0 Å². The third-order valence-electron chi connectivity index (χ3n) is 2.40. The number of hydrogen-bond donors (Lipinski definition) is 0. The molecule has 0 unspecified atom stereocenters. The maximum absolute atomic E-state index is 5.95. The van der Waals surface area contributed by atoms with Gasteiger partial charge in [-0.25, -0.2) is 0 Å². The molecule has 0 aliphatic carbocycles. The number of aromatic nitrogens is 2. The zero-order valence-electron chi connectivity index (χ0n) is 8.44. The molecule has 1 heterocycles. The molecule has 3 heteroatoms. The lowest BCUT2D eigenvalue weighted by Crippen LogP contribution is -1.94. The summed E-state index contributed by atoms with van der Waals surface area (Å²) in [6.07, 6.45) is 2.47. The van der Waals surface area contributed by atoms with Crippen molar-refractivity contribution in [3.63, 3.8) is 0 Å². The van der Waals surface area contributed by atoms with Crippen molar-refractivity contribution in [3.8, 4) is 0 Å². The third-order valence-corrected chi connectivity index (χ3v) is 2.71. The van der Waals surface area contributed by atoms with Gasteiger partial charge in [0.05, 0.1) is 0 Å². The Balaban J connectivity index is 2.30. The lowest BCUT2D eigenvalue weighted by Gasteiger charge is -2.05. The maximum Gasteiger partial charge on any atom is 0.155 e. The van der Waals surface area contributed by atoms with Gasteiger partial charge in [-0.2, -0.15) is 5.10 Å². The fourth-order valence-electron chi connectivity index (χ4n) is 1.49. The van der Waals surface area contributed by atoms with Crippen LogP contribution in [0.1, 0.15) is 16.7 Å². The Bertz CT molecular complexity index is 425. The molecule has 0 amide bonds. The van der Waals surface area contributed by atoms with Crippen molar-refractivity contribution in [2.45, 2.75) is 13.3 Å². The molecule has 2 aromatic rings. The van der Waals surface area contributed by atoms with Gasteiger partial charge in [0.1, 0.15) is 0 Å². The Morgan fingerprint density at radius 3 is 2.67 bits per heavy atom. The summed E-state index contributed by atoms with van der Waals surface area (Å²) >= 11 is 5.95. The van der Waals surface area contributed by atoms with E-state index in [4.69, 9.17) is 11.6 Å². The van der Waals surface area contributed by atoms with Crippen LogP contribution in [-0.4, -0.2) is 10.2 Å². The second-order valence-electron chi connectivity index (χ2n) is 3.45. The monoisotopic (exact) mass is 218 g/mol. The molecule has 0 saturated carbocycles. The summed E-state index contributed by atoms with van der Waals surface area (Å²) in [7, 11) is 0. The van der Waals surface area contributed by atoms with Gasteiger partial charge in [-0.1, -0.05) is 35.9 Å². The zero-order valence-corrected chi connectivity index (χ0v) is 9.20. The minimum atomic E-state index is 0.487. The summed E-state index contributed by atoms with van der Waals surface area (Å²) in [5.41, 5.74) is 3.55. The van der Waals surface area contributed by atoms with Crippen LogP contribution in [0.15, 0.2) is 36.5 Å². The van der Waals surface area contributed by atoms with E-state index in [0.29, 0.717) is 5.15 Å². The summed E-state index contributed by atoms with van der Waals surface area (Å²) in [5, 5.41) is 8.03. The Kier molecular flexibility index (Phi) is 2.97. The van der Waals surface area contributed by atoms with Crippen LogP contribution in [0, 0.1) is 6.92 Å². The van der Waals surface area contributed by atoms with Crippen LogP contribution >= 0.6 is 11.6 Å². The topological polar surface area (TPSA) is 25.8 Å². The van der Waals surface area contributed by atoms with E-state index in [1.807, 2.05) is 18.2 Å². The van der Waals surface area contributed by atoms with Crippen molar-refractivity contribution in [1.82, 2.24) is 10.2 Å². The molecule has 0 atom stereocenters. The third kappa shape index (κ3) is 2.34. The molecule has 0 radical (unpaired) electrons. The van der Waals surface area contributed by atoms with Crippen molar-refractivity contribution in [2.75, 3.05) is 0 Å². The van der Waals surface area contributed by atoms with E-state index in [1.165, 1.54) is 11.1 Å². The molecule has 1 aromatic heterocycles. The van der Waals surface area contributed by atoms with Crippen LogP contribution in [0.25, 0.3) is 0 Å². The Morgan fingerprint density at radius 1 is 1.13 bits per heavy atom. The number of nitrogens with zero attached hydrogens (tertiary/aromatic N) is 2. The fourth-order valence-corrected chi connectivity index (χ4v) is 1.66. The fraction of sp³-hybridized carbons (Fsp3) is 0.167. The van der Waals surface area contributed by atoms with Crippen LogP contribution in [0.4, 0.5) is 0 Å². The van der Waals surface area contributed by atoms with Crippen LogP contribution < -0.4 is 0 Å². The van der Waals surface area contributed by atoms with E-state index in [2.05, 4.69) is 29.3 Å². The Hall–Kier alpha value is -1.41. The second kappa shape index (κ2) is 4.41. The summed E-state index contributed by atoms with van der Waals surface area (Å²) in [6, 6.07) is 10.2. The van der Waals surface area contributed by atoms with Crippen LogP contribution in [0.3, 0.4) is 0 Å². The standard InChI is InChI=1S/C12H11ClN2/c1-9-4-2-3-5-10(9)8-11-6-7-14-15-12(11)13/h2-7H,8H2,1H3. The normalized spacial score (nSPS) is 10.3. The van der Waals surface area contributed by atoms with Gasteiger partial charge in [-0.3, -0.25) is 0 Å². The van der Waals surface area contributed by atoms with Crippen LogP contribution in [-0.2, 0) is 6.42 Å². The average Bonchev–Trinajstić information content (AvgIpc) is 2.24. The molecule has 0 aliphatic rings. The Labute approximate surface area is 93.9 Å². The summed E-state index contributed by atoms with van der Waals surface area (Å²) in [6.45, 7) is 2.10. The smallest absolute Gasteiger partial charge is 0.155 e. The first-order valence-electron chi connectivity index (χ1n) is 4.78. The highest BCUT2D eigenvalue weighted by molar-refractivity contribution is 6.30. The minimum absolute atomic E-state index is 0.487. The number of aryl methyl sites for hydroxylation is 1. The van der Waals surface area contributed by atoms with Crippen LogP contribution in [0.2, 0.25) is 5.15 Å². The molecule has 0 saturated heterocycles. The number of hydrogen-bond acceptors (Lipinski definition) is 2. The first kappa shape index (κ1) is 10.1. The molecular formula is C12H11ClN2. The summed E-state index contributed by atoms with van der Waals surface area (Å²) < 4.78 is 0. The lowest BCUT2D eigenvalue weighted by molar-refractivity contribution is 0.992. The number of halogens is 1. The van der Waals surface area contributed by atoms with E-state index in [9.17, 15) is 0 Å². The molecule has 0 spiro atoms. The van der Waals surface area contributed by atoms with Gasteiger partial charge < -0.3 is 0 Å². The number of rotatable bonds is 2. The largest absolute Gasteiger partial charge is 0.158 e. The van der Waals surface area contributed by atoms with Gasteiger partial charge in [0.2, 0.25) is 0 Å². The molecule has 15 heavy (non-hydrogen) atoms. The van der Waals surface area contributed by atoms with Gasteiger partial charge in [-0.15, -0.1) is 5.10 Å². The quantitative estimate of drug-likeness (QED) is 0.775. The molecular weight excluding hydrogens is 208 g/mol. The lowest BCUT2D eigenvalue weighted by atomic mass is 10.0. The van der Waals surface area contributed by atoms with Crippen molar-refractivity contribution in [2.24, 2.45) is 0 Å². The van der Waals surface area contributed by atoms with Crippen molar-refractivity contribution in [3.05, 3.63) is 58.4 Å². The minimum Gasteiger partial charge on any atom is -0.158 e. The molecule has 0 fully saturated rings. The van der Waals surface area contributed by atoms with Gasteiger partial charge in [0, 0.05) is 12.6 Å². The zero-order chi connectivity index (χ0) is 10.7. The van der Waals surface area contributed by atoms with Gasteiger partial charge in [-0.05, 0) is 29.7 Å². The highest BCUT2D eigenvalue weighted by Crippen LogP contribution is 2.17. The van der Waals surface area contributed by atoms with Crippen molar-refractivity contribution < 1.29 is 0 Å². The highest BCUT2D eigenvalue weighted by atomic mass is 35.5. The van der Waals surface area contributed by atoms with Crippen molar-refractivity contribution >= 4 is 11.6 Å². The average molecular weight is 219 g/mol. The molecule has 0 N–H and O–H groups in total. The Morgan fingerprint density at radius 2 is 1.93 bits per heavy atom. The molecule has 2 nitrogen and oxygen atoms in total. The second-order valence-corrected chi connectivity index (χ2v) is 3.81. The van der Waals surface area contributed by atoms with E-state index in [1.54, 1.807) is 6.20 Å². The molecule has 2 rings (SSSR count). The SMILES string of the molecule is Cc1ccccc1Cc1ccnnc1Cl. The summed E-state index contributed by atoms with van der Waals surface area (Å²) in [5.74, 6) is 0. The molecule has 0 bridgehead atoms. The first-order chi connectivity index (χ1) is 7.27. The van der Waals surface area contributed by atoms with E-state index < -0.39 is 0 Å². The highest BCUT2D eigenvalue weighted by Gasteiger charge is 2.04. The maximum atomic E-state index is 5.95. The predicted octanol–water partition coefficient (Wildman–Crippen LogP) is 3.03. The van der Waals surface area contributed by atoms with Crippen molar-refractivity contribution in [1.29, 1.82) is 0 Å².